The molecule has 1 atom stereocenters. The normalized spacial score (nSPS) is 17.9. The predicted octanol–water partition coefficient (Wildman–Crippen LogP) is 4.86. The second kappa shape index (κ2) is 9.60. The monoisotopic (exact) mass is 483 g/mol. The molecule has 0 bridgehead atoms. The second-order valence-electron chi connectivity index (χ2n) is 8.92. The van der Waals surface area contributed by atoms with Crippen molar-refractivity contribution in [1.82, 2.24) is 9.55 Å². The number of amides is 1. The summed E-state index contributed by atoms with van der Waals surface area (Å²) >= 11 is 2.98. The fraction of sp³-hybridized carbons (Fsp3) is 0.480. The number of hydrogen-bond donors (Lipinski definition) is 1. The first-order valence-corrected chi connectivity index (χ1v) is 13.5. The maximum absolute atomic E-state index is 13.6. The van der Waals surface area contributed by atoms with E-state index in [2.05, 4.69) is 5.32 Å². The highest BCUT2D eigenvalue weighted by atomic mass is 32.2. The van der Waals surface area contributed by atoms with Gasteiger partial charge in [0.15, 0.2) is 5.16 Å². The number of thiophene rings is 1. The summed E-state index contributed by atoms with van der Waals surface area (Å²) in [5.41, 5.74) is 4.25. The number of carbonyl (C=O) groups is 1. The van der Waals surface area contributed by atoms with Crippen molar-refractivity contribution in [1.29, 1.82) is 0 Å². The Bertz CT molecular complexity index is 1260. The lowest BCUT2D eigenvalue weighted by atomic mass is 9.97. The standard InChI is InChI=1S/C25H29N3O3S2/c1-15-7-5-10-19(16(15)2)26-21(29)14-32-25-27-23-22(18-9-3-4-11-20(18)33-23)24(30)28(25)13-17-8-6-12-31-17/h5,7,10,17H,3-4,6,8-9,11-14H2,1-2H3,(H,26,29). The van der Waals surface area contributed by atoms with Gasteiger partial charge in [-0.3, -0.25) is 14.2 Å². The number of thioether (sulfide) groups is 1. The molecule has 2 aliphatic rings. The zero-order valence-electron chi connectivity index (χ0n) is 19.1. The Morgan fingerprint density at radius 1 is 1.27 bits per heavy atom. The maximum Gasteiger partial charge on any atom is 0.263 e. The van der Waals surface area contributed by atoms with Crippen LogP contribution in [0.1, 0.15) is 47.3 Å². The van der Waals surface area contributed by atoms with Crippen molar-refractivity contribution in [2.45, 2.75) is 70.2 Å². The van der Waals surface area contributed by atoms with E-state index in [1.165, 1.54) is 28.6 Å². The van der Waals surface area contributed by atoms with Gasteiger partial charge in [0.2, 0.25) is 5.91 Å². The van der Waals surface area contributed by atoms with Crippen molar-refractivity contribution >= 4 is 44.9 Å². The molecule has 1 aromatic carbocycles. The predicted molar refractivity (Wildman–Crippen MR) is 135 cm³/mol. The van der Waals surface area contributed by atoms with Gasteiger partial charge in [-0.1, -0.05) is 23.9 Å². The Morgan fingerprint density at radius 2 is 2.12 bits per heavy atom. The number of rotatable bonds is 6. The van der Waals surface area contributed by atoms with Gasteiger partial charge in [-0.2, -0.15) is 0 Å². The van der Waals surface area contributed by atoms with Crippen LogP contribution in [0.2, 0.25) is 0 Å². The largest absolute Gasteiger partial charge is 0.376 e. The minimum Gasteiger partial charge on any atom is -0.376 e. The second-order valence-corrected chi connectivity index (χ2v) is 10.9. The molecule has 0 saturated carbocycles. The molecule has 2 aromatic heterocycles. The number of hydrogen-bond acceptors (Lipinski definition) is 6. The van der Waals surface area contributed by atoms with Crippen molar-refractivity contribution in [2.24, 2.45) is 0 Å². The Hall–Kier alpha value is -2.16. The number of benzene rings is 1. The average Bonchev–Trinajstić information content (AvgIpc) is 3.45. The van der Waals surface area contributed by atoms with Crippen LogP contribution in [0.25, 0.3) is 10.2 Å². The van der Waals surface area contributed by atoms with Gasteiger partial charge in [-0.05, 0) is 75.1 Å². The lowest BCUT2D eigenvalue weighted by Gasteiger charge is -2.16. The number of anilines is 1. The van der Waals surface area contributed by atoms with Gasteiger partial charge < -0.3 is 10.1 Å². The summed E-state index contributed by atoms with van der Waals surface area (Å²) in [6.07, 6.45) is 6.27. The van der Waals surface area contributed by atoms with Crippen molar-refractivity contribution < 1.29 is 9.53 Å². The van der Waals surface area contributed by atoms with Crippen LogP contribution in [0.3, 0.4) is 0 Å². The highest BCUT2D eigenvalue weighted by Crippen LogP contribution is 2.35. The molecule has 0 spiro atoms. The Balaban J connectivity index is 1.43. The van der Waals surface area contributed by atoms with Crippen molar-refractivity contribution in [3.8, 4) is 0 Å². The quantitative estimate of drug-likeness (QED) is 0.400. The fourth-order valence-electron chi connectivity index (χ4n) is 4.69. The van der Waals surface area contributed by atoms with Gasteiger partial charge in [0, 0.05) is 17.2 Å². The molecular weight excluding hydrogens is 454 g/mol. The van der Waals surface area contributed by atoms with E-state index in [1.807, 2.05) is 32.0 Å². The first-order valence-electron chi connectivity index (χ1n) is 11.7. The molecule has 3 heterocycles. The van der Waals surface area contributed by atoms with Crippen LogP contribution in [0, 0.1) is 13.8 Å². The summed E-state index contributed by atoms with van der Waals surface area (Å²) in [5.74, 6) is 0.0965. The summed E-state index contributed by atoms with van der Waals surface area (Å²) in [5, 5.41) is 4.41. The molecular formula is C25H29N3O3S2. The molecule has 33 heavy (non-hydrogen) atoms. The molecule has 1 unspecified atom stereocenters. The van der Waals surface area contributed by atoms with Crippen molar-refractivity contribution in [3.05, 3.63) is 50.1 Å². The molecule has 1 amide bonds. The van der Waals surface area contributed by atoms with Gasteiger partial charge in [0.25, 0.3) is 5.56 Å². The first-order chi connectivity index (χ1) is 16.0. The number of aromatic nitrogens is 2. The molecule has 1 fully saturated rings. The van der Waals surface area contributed by atoms with Crippen LogP contribution < -0.4 is 10.9 Å². The number of carbonyl (C=O) groups excluding carboxylic acids is 1. The SMILES string of the molecule is Cc1cccc(NC(=O)CSc2nc3sc4c(c3c(=O)n2CC2CCCO2)CCCC4)c1C. The van der Waals surface area contributed by atoms with E-state index in [-0.39, 0.29) is 23.3 Å². The van der Waals surface area contributed by atoms with Gasteiger partial charge >= 0.3 is 0 Å². The minimum atomic E-state index is -0.0998. The Labute approximate surface area is 201 Å². The number of nitrogens with zero attached hydrogens (tertiary/aromatic N) is 2. The molecule has 174 valence electrons. The third-order valence-corrected chi connectivity index (χ3v) is 8.82. The van der Waals surface area contributed by atoms with E-state index < -0.39 is 0 Å². The Morgan fingerprint density at radius 3 is 2.94 bits per heavy atom. The molecule has 1 saturated heterocycles. The highest BCUT2D eigenvalue weighted by Gasteiger charge is 2.25. The summed E-state index contributed by atoms with van der Waals surface area (Å²) < 4.78 is 7.59. The molecule has 8 heteroatoms. The van der Waals surface area contributed by atoms with Crippen LogP contribution in [0.15, 0.2) is 28.2 Å². The number of ether oxygens (including phenoxy) is 1. The zero-order chi connectivity index (χ0) is 22.9. The third-order valence-electron chi connectivity index (χ3n) is 6.66. The molecule has 0 radical (unpaired) electrons. The van der Waals surface area contributed by atoms with E-state index >= 15 is 0 Å². The van der Waals surface area contributed by atoms with E-state index in [0.717, 1.165) is 65.7 Å². The van der Waals surface area contributed by atoms with Gasteiger partial charge in [-0.15, -0.1) is 11.3 Å². The maximum atomic E-state index is 13.6. The lowest BCUT2D eigenvalue weighted by Crippen LogP contribution is -2.29. The molecule has 6 nitrogen and oxygen atoms in total. The molecule has 1 aliphatic carbocycles. The van der Waals surface area contributed by atoms with Crippen LogP contribution in [-0.4, -0.2) is 33.9 Å². The number of fused-ring (bicyclic) bond motifs is 3. The van der Waals surface area contributed by atoms with Gasteiger partial charge in [0.05, 0.1) is 23.8 Å². The van der Waals surface area contributed by atoms with Crippen LogP contribution >= 0.6 is 23.1 Å². The molecule has 1 aliphatic heterocycles. The zero-order valence-corrected chi connectivity index (χ0v) is 20.7. The molecule has 3 aromatic rings. The van der Waals surface area contributed by atoms with E-state index in [4.69, 9.17) is 9.72 Å². The lowest BCUT2D eigenvalue weighted by molar-refractivity contribution is -0.113. The van der Waals surface area contributed by atoms with E-state index in [1.54, 1.807) is 15.9 Å². The van der Waals surface area contributed by atoms with Crippen molar-refractivity contribution in [2.75, 3.05) is 17.7 Å². The van der Waals surface area contributed by atoms with E-state index in [0.29, 0.717) is 11.7 Å². The van der Waals surface area contributed by atoms with Crippen molar-refractivity contribution in [3.63, 3.8) is 0 Å². The summed E-state index contributed by atoms with van der Waals surface area (Å²) in [6, 6.07) is 5.89. The van der Waals surface area contributed by atoms with Gasteiger partial charge in [0.1, 0.15) is 4.83 Å². The number of nitrogens with one attached hydrogen (secondary N) is 1. The minimum absolute atomic E-state index is 0.0207. The highest BCUT2D eigenvalue weighted by molar-refractivity contribution is 7.99. The van der Waals surface area contributed by atoms with Gasteiger partial charge in [-0.25, -0.2) is 4.98 Å². The number of aryl methyl sites for hydroxylation is 3. The van der Waals surface area contributed by atoms with Crippen LogP contribution in [0.5, 0.6) is 0 Å². The summed E-state index contributed by atoms with van der Waals surface area (Å²) in [7, 11) is 0. The fourth-order valence-corrected chi connectivity index (χ4v) is 6.80. The third kappa shape index (κ3) is 4.61. The summed E-state index contributed by atoms with van der Waals surface area (Å²) in [4.78, 5) is 33.4. The topological polar surface area (TPSA) is 73.2 Å². The summed E-state index contributed by atoms with van der Waals surface area (Å²) in [6.45, 7) is 5.27. The van der Waals surface area contributed by atoms with Crippen LogP contribution in [0.4, 0.5) is 5.69 Å². The van der Waals surface area contributed by atoms with E-state index in [9.17, 15) is 9.59 Å². The first kappa shape index (κ1) is 22.6. The molecule has 1 N–H and O–H groups in total. The smallest absolute Gasteiger partial charge is 0.263 e. The average molecular weight is 484 g/mol. The van der Waals surface area contributed by atoms with Crippen LogP contribution in [-0.2, 0) is 28.9 Å². The Kier molecular flexibility index (Phi) is 6.58. The molecule has 5 rings (SSSR count).